The third-order valence-electron chi connectivity index (χ3n) is 15.9. The van der Waals surface area contributed by atoms with Crippen LogP contribution >= 0.6 is 11.6 Å². The quantitative estimate of drug-likeness (QED) is 0.0536. The highest BCUT2D eigenvalue weighted by Gasteiger charge is 2.81. The normalized spacial score (nSPS) is 38.5. The van der Waals surface area contributed by atoms with Crippen molar-refractivity contribution in [2.24, 2.45) is 11.3 Å². The predicted molar refractivity (Wildman–Crippen MR) is 230 cm³/mol. The van der Waals surface area contributed by atoms with Gasteiger partial charge in [-0.05, 0) is 61.9 Å². The Morgan fingerprint density at radius 2 is 1.84 bits per heavy atom. The average molecular weight is 879 g/mol. The zero-order valence-corrected chi connectivity index (χ0v) is 36.4. The van der Waals surface area contributed by atoms with Crippen molar-refractivity contribution < 1.29 is 59.7 Å². The van der Waals surface area contributed by atoms with Crippen LogP contribution in [0.3, 0.4) is 0 Å². The molecule has 1 saturated carbocycles. The number of quaternary nitrogens is 1. The van der Waals surface area contributed by atoms with Gasteiger partial charge in [0.1, 0.15) is 26.1 Å². The highest BCUT2D eigenvalue weighted by Crippen LogP contribution is 2.68. The maximum atomic E-state index is 15.5. The van der Waals surface area contributed by atoms with Gasteiger partial charge in [0.25, 0.3) is 0 Å². The molecular formula is C47H58ClN4O10+. The molecule has 1 spiro atoms. The number of rotatable bonds is 9. The number of piperidine rings is 1. The Kier molecular flexibility index (Phi) is 8.82. The summed E-state index contributed by atoms with van der Waals surface area (Å²) in [5.41, 5.74) is -5.92. The molecular weight excluding hydrogens is 816 g/mol. The number of alkyl halides is 1. The summed E-state index contributed by atoms with van der Waals surface area (Å²) in [4.78, 5) is 64.4. The van der Waals surface area contributed by atoms with Crippen LogP contribution in [0.15, 0.2) is 48.6 Å². The van der Waals surface area contributed by atoms with Gasteiger partial charge in [-0.2, -0.15) is 0 Å². The second-order valence-corrected chi connectivity index (χ2v) is 18.6. The number of H-pyrrole nitrogens is 1. The number of nitrogens with one attached hydrogen (secondary N) is 1. The number of carbonyl (C=O) groups is 4. The Morgan fingerprint density at radius 1 is 1.06 bits per heavy atom. The van der Waals surface area contributed by atoms with Gasteiger partial charge in [-0.3, -0.25) is 19.3 Å². The lowest BCUT2D eigenvalue weighted by atomic mass is 9.47. The van der Waals surface area contributed by atoms with Gasteiger partial charge in [-0.15, -0.1) is 0 Å². The Balaban J connectivity index is 1.38. The number of benzene rings is 2. The summed E-state index contributed by atoms with van der Waals surface area (Å²) in [5, 5.41) is 26.5. The van der Waals surface area contributed by atoms with E-state index in [1.165, 1.54) is 19.1 Å². The predicted octanol–water partition coefficient (Wildman–Crippen LogP) is 4.23. The van der Waals surface area contributed by atoms with E-state index < -0.39 is 82.3 Å². The van der Waals surface area contributed by atoms with Crippen LogP contribution in [-0.4, -0.2) is 138 Å². The first-order valence-corrected chi connectivity index (χ1v) is 21.8. The van der Waals surface area contributed by atoms with E-state index in [-0.39, 0.29) is 67.7 Å². The molecule has 15 heteroatoms. The Bertz CT molecular complexity index is 2590. The minimum Gasteiger partial charge on any atom is -0.496 e. The van der Waals surface area contributed by atoms with E-state index >= 15 is 4.79 Å². The van der Waals surface area contributed by atoms with E-state index in [0.29, 0.717) is 53.8 Å². The van der Waals surface area contributed by atoms with Gasteiger partial charge < -0.3 is 43.5 Å². The van der Waals surface area contributed by atoms with Crippen molar-refractivity contribution in [1.29, 1.82) is 0 Å². The maximum absolute atomic E-state index is 15.5. The standard InChI is InChI=1S/C47H58ClN4O10/c1-7-43(57)22-29-23-46(41(55)60-5,37-31(14-19-52(24-29,25-43)26-48)30-12-9-10-13-34(30)49-37)33-20-32-35(21-36(33)59-4)51(27-53)39-45(32)16-18-50-17-11-15-44(8-2,38(45)50)40(62-28(3)54)47(39,58)42(56)61-6/h9-13,15,20-21,27,29,38-40,49,57-58H,7-8,14,16-19,22-26H2,1-6H3/q+1/t29-,38+,39-,40-,43+,44-,45-,46+,47+,52+/m1/s1/i3D3,26D2. The number of anilines is 1. The minimum absolute atomic E-state index is 0.0197. The number of hydrogen-bond acceptors (Lipinski definition) is 11. The Hall–Kier alpha value is -4.47. The molecule has 14 nitrogen and oxygen atoms in total. The first-order chi connectivity index (χ1) is 31.6. The maximum Gasteiger partial charge on any atom is 0.344 e. The smallest absolute Gasteiger partial charge is 0.344 e. The van der Waals surface area contributed by atoms with Crippen molar-refractivity contribution in [2.45, 2.75) is 99.4 Å². The second-order valence-electron chi connectivity index (χ2n) is 18.5. The number of ether oxygens (including phenoxy) is 4. The van der Waals surface area contributed by atoms with Crippen LogP contribution in [0.1, 0.15) is 82.0 Å². The Morgan fingerprint density at radius 3 is 2.52 bits per heavy atom. The summed E-state index contributed by atoms with van der Waals surface area (Å²) in [6.45, 7) is 1.54. The summed E-state index contributed by atoms with van der Waals surface area (Å²) in [6.07, 6.45) is 3.32. The molecule has 62 heavy (non-hydrogen) atoms. The third kappa shape index (κ3) is 5.48. The van der Waals surface area contributed by atoms with Gasteiger partial charge in [0.15, 0.2) is 12.1 Å². The van der Waals surface area contributed by atoms with E-state index in [0.717, 1.165) is 12.5 Å². The number of fused-ring (bicyclic) bond motifs is 6. The minimum atomic E-state index is -3.28. The molecule has 6 heterocycles. The number of aromatic amines is 1. The number of methoxy groups -OCH3 is 3. The van der Waals surface area contributed by atoms with Gasteiger partial charge in [0.2, 0.25) is 12.0 Å². The fourth-order valence-corrected chi connectivity index (χ4v) is 14.0. The fraction of sp³-hybridized carbons (Fsp3) is 0.574. The first-order valence-electron chi connectivity index (χ1n) is 23.9. The van der Waals surface area contributed by atoms with Crippen molar-refractivity contribution in [3.8, 4) is 5.75 Å². The van der Waals surface area contributed by atoms with Gasteiger partial charge in [0.05, 0.1) is 46.1 Å². The van der Waals surface area contributed by atoms with Crippen LogP contribution in [0, 0.1) is 11.3 Å². The molecule has 5 aliphatic heterocycles. The van der Waals surface area contributed by atoms with E-state index in [9.17, 15) is 24.6 Å². The summed E-state index contributed by atoms with van der Waals surface area (Å²) in [6, 6.07) is 8.70. The molecule has 2 aromatic carbocycles. The molecule has 10 atom stereocenters. The molecule has 0 radical (unpaired) electrons. The topological polar surface area (TPSA) is 168 Å². The number of esters is 3. The third-order valence-corrected chi connectivity index (χ3v) is 16.3. The van der Waals surface area contributed by atoms with Gasteiger partial charge in [-0.25, -0.2) is 4.79 Å². The lowest BCUT2D eigenvalue weighted by Crippen LogP contribution is -2.81. The first kappa shape index (κ1) is 37.0. The highest BCUT2D eigenvalue weighted by atomic mass is 35.5. The van der Waals surface area contributed by atoms with Gasteiger partial charge >= 0.3 is 17.9 Å². The molecule has 6 aliphatic rings. The molecule has 2 saturated heterocycles. The van der Waals surface area contributed by atoms with Crippen LogP contribution in [0.5, 0.6) is 5.75 Å². The largest absolute Gasteiger partial charge is 0.496 e. The summed E-state index contributed by atoms with van der Waals surface area (Å²) >= 11 is 6.79. The van der Waals surface area contributed by atoms with Crippen molar-refractivity contribution in [1.82, 2.24) is 9.88 Å². The summed E-state index contributed by atoms with van der Waals surface area (Å²) in [5.74, 6) is -6.30. The van der Waals surface area contributed by atoms with Crippen LogP contribution in [0.2, 0.25) is 0 Å². The molecule has 1 aliphatic carbocycles. The Labute approximate surface area is 373 Å². The molecule has 3 fully saturated rings. The van der Waals surface area contributed by atoms with E-state index in [4.69, 9.17) is 37.4 Å². The molecule has 0 unspecified atom stereocenters. The molecule has 9 rings (SSSR count). The lowest BCUT2D eigenvalue weighted by molar-refractivity contribution is -0.932. The van der Waals surface area contributed by atoms with Crippen molar-refractivity contribution in [3.05, 3.63) is 70.9 Å². The van der Waals surface area contributed by atoms with Crippen LogP contribution in [0.25, 0.3) is 10.9 Å². The highest BCUT2D eigenvalue weighted by molar-refractivity contribution is 6.17. The number of aliphatic hydroxyl groups is 2. The van der Waals surface area contributed by atoms with Crippen molar-refractivity contribution in [3.63, 3.8) is 0 Å². The van der Waals surface area contributed by atoms with E-state index in [1.54, 1.807) is 25.1 Å². The van der Waals surface area contributed by atoms with Crippen molar-refractivity contribution in [2.75, 3.05) is 64.9 Å². The SMILES string of the molecule is [2H]C([2H])([2H])C(=O)O[C@@H]1[C@]2(CC)C=CCN3CC[C@@]4(c5cc([C@@]6(C(=O)OC)C[C@H]7C[C@@](O)(CC)C[N@+](C([2H])([2H])Cl)(CCc8c6[nH]c6ccccc86)C7)c(OC)cc5N(C=O)[C@H]4[C@@]1(O)C(=O)OC)[C@@H]32. The van der Waals surface area contributed by atoms with E-state index in [2.05, 4.69) is 9.88 Å². The summed E-state index contributed by atoms with van der Waals surface area (Å²) in [7, 11) is 3.76. The van der Waals surface area contributed by atoms with Crippen molar-refractivity contribution >= 4 is 52.5 Å². The zero-order valence-electron chi connectivity index (χ0n) is 40.7. The molecule has 3 aromatic rings. The van der Waals surface area contributed by atoms with Gasteiger partial charge in [-0.1, -0.05) is 55.8 Å². The number of carbonyl (C=O) groups excluding carboxylic acids is 4. The number of para-hydroxylation sites is 1. The summed E-state index contributed by atoms with van der Waals surface area (Å²) < 4.78 is 65.2. The number of amides is 1. The number of hydrogen-bond donors (Lipinski definition) is 3. The molecule has 2 bridgehead atoms. The molecule has 3 N–H and O–H groups in total. The molecule has 1 amide bonds. The second kappa shape index (κ2) is 14.8. The average Bonchev–Trinajstić information content (AvgIpc) is 3.97. The molecule has 332 valence electrons. The monoisotopic (exact) mass is 878 g/mol. The number of aromatic nitrogens is 1. The van der Waals surface area contributed by atoms with Crippen LogP contribution in [-0.2, 0) is 50.6 Å². The number of halogens is 1. The number of nitrogens with zero attached hydrogens (tertiary/aromatic N) is 3. The van der Waals surface area contributed by atoms with Crippen LogP contribution in [0.4, 0.5) is 5.69 Å². The van der Waals surface area contributed by atoms with Gasteiger partial charge in [0, 0.05) is 74.9 Å². The fourth-order valence-electron chi connectivity index (χ4n) is 13.7. The zero-order chi connectivity index (χ0) is 48.5. The van der Waals surface area contributed by atoms with E-state index in [1.807, 2.05) is 37.3 Å². The lowest BCUT2D eigenvalue weighted by Gasteiger charge is -2.63. The van der Waals surface area contributed by atoms with Crippen LogP contribution < -0.4 is 9.64 Å². The molecule has 1 aromatic heterocycles.